The second-order valence-corrected chi connectivity index (χ2v) is 5.48. The van der Waals surface area contributed by atoms with Gasteiger partial charge in [0.2, 0.25) is 5.91 Å². The number of amides is 2. The molecule has 1 aromatic carbocycles. The minimum absolute atomic E-state index is 0.131. The van der Waals surface area contributed by atoms with Crippen LogP contribution in [0.3, 0.4) is 0 Å². The lowest BCUT2D eigenvalue weighted by Gasteiger charge is -2.33. The summed E-state index contributed by atoms with van der Waals surface area (Å²) in [6, 6.07) is 8.97. The molecule has 0 aliphatic carbocycles. The molecular weight excluding hydrogens is 294 g/mol. The van der Waals surface area contributed by atoms with E-state index in [4.69, 9.17) is 0 Å². The maximum atomic E-state index is 12.7. The highest BCUT2D eigenvalue weighted by Crippen LogP contribution is 2.19. The van der Waals surface area contributed by atoms with E-state index in [9.17, 15) is 9.59 Å². The zero-order chi connectivity index (χ0) is 16.2. The van der Waals surface area contributed by atoms with Gasteiger partial charge in [-0.25, -0.2) is 0 Å². The third-order valence-corrected chi connectivity index (χ3v) is 4.01. The lowest BCUT2D eigenvalue weighted by molar-refractivity contribution is -0.126. The smallest absolute Gasteiger partial charge is 0.276 e. The van der Waals surface area contributed by atoms with E-state index in [0.717, 1.165) is 18.5 Å². The molecular formula is C16H19N5O2. The van der Waals surface area contributed by atoms with Crippen LogP contribution in [0.25, 0.3) is 5.69 Å². The predicted molar refractivity (Wildman–Crippen MR) is 84.1 cm³/mol. The van der Waals surface area contributed by atoms with Crippen LogP contribution in [0.2, 0.25) is 0 Å². The third-order valence-electron chi connectivity index (χ3n) is 4.01. The van der Waals surface area contributed by atoms with Crippen LogP contribution in [0, 0.1) is 0 Å². The number of para-hydroxylation sites is 1. The molecule has 120 valence electrons. The van der Waals surface area contributed by atoms with Crippen molar-refractivity contribution in [1.82, 2.24) is 25.2 Å². The average Bonchev–Trinajstić information content (AvgIpc) is 3.11. The van der Waals surface area contributed by atoms with Crippen molar-refractivity contribution in [3.05, 3.63) is 42.2 Å². The van der Waals surface area contributed by atoms with Gasteiger partial charge in [-0.2, -0.15) is 9.90 Å². The molecule has 1 saturated heterocycles. The lowest BCUT2D eigenvalue weighted by Crippen LogP contribution is -2.51. The zero-order valence-corrected chi connectivity index (χ0v) is 13.0. The number of nitrogens with zero attached hydrogens (tertiary/aromatic N) is 4. The molecule has 0 spiro atoms. The van der Waals surface area contributed by atoms with Gasteiger partial charge in [0.25, 0.3) is 5.91 Å². The molecule has 1 aromatic heterocycles. The van der Waals surface area contributed by atoms with E-state index in [-0.39, 0.29) is 17.5 Å². The minimum Gasteiger partial charge on any atom is -0.357 e. The molecule has 7 nitrogen and oxygen atoms in total. The van der Waals surface area contributed by atoms with Crippen molar-refractivity contribution >= 4 is 11.8 Å². The molecule has 2 aromatic rings. The molecule has 2 heterocycles. The van der Waals surface area contributed by atoms with Crippen LogP contribution in [0.1, 0.15) is 29.8 Å². The topological polar surface area (TPSA) is 80.1 Å². The number of benzene rings is 1. The highest BCUT2D eigenvalue weighted by molar-refractivity contribution is 5.96. The predicted octanol–water partition coefficient (Wildman–Crippen LogP) is 1.01. The zero-order valence-electron chi connectivity index (χ0n) is 13.0. The van der Waals surface area contributed by atoms with E-state index in [1.807, 2.05) is 30.3 Å². The van der Waals surface area contributed by atoms with E-state index in [1.54, 1.807) is 11.9 Å². The van der Waals surface area contributed by atoms with Gasteiger partial charge in [-0.05, 0) is 31.4 Å². The van der Waals surface area contributed by atoms with Crippen molar-refractivity contribution < 1.29 is 9.59 Å². The van der Waals surface area contributed by atoms with Gasteiger partial charge in [-0.15, -0.1) is 5.10 Å². The summed E-state index contributed by atoms with van der Waals surface area (Å²) >= 11 is 0. The number of likely N-dealkylation sites (N-methyl/N-ethyl adjacent to an activating group) is 1. The van der Waals surface area contributed by atoms with Gasteiger partial charge in [0.1, 0.15) is 6.04 Å². The first kappa shape index (κ1) is 15.2. The number of aromatic nitrogens is 3. The molecule has 1 aliphatic heterocycles. The first-order chi connectivity index (χ1) is 11.2. The van der Waals surface area contributed by atoms with Gasteiger partial charge in [0, 0.05) is 13.6 Å². The van der Waals surface area contributed by atoms with Crippen LogP contribution in [0.15, 0.2) is 36.5 Å². The molecule has 0 bridgehead atoms. The summed E-state index contributed by atoms with van der Waals surface area (Å²) in [5, 5.41) is 11.0. The maximum Gasteiger partial charge on any atom is 0.276 e. The second kappa shape index (κ2) is 6.60. The summed E-state index contributed by atoms with van der Waals surface area (Å²) in [6.45, 7) is 0.565. The Morgan fingerprint density at radius 1 is 1.22 bits per heavy atom. The molecule has 0 radical (unpaired) electrons. The SMILES string of the molecule is CNC(=O)C1CCCCN1C(=O)c1cnn(-c2ccccc2)n1. The molecule has 1 N–H and O–H groups in total. The molecule has 3 rings (SSSR count). The Kier molecular flexibility index (Phi) is 4.36. The number of carbonyl (C=O) groups is 2. The molecule has 7 heteroatoms. The number of piperidine rings is 1. The fourth-order valence-corrected chi connectivity index (χ4v) is 2.81. The Labute approximate surface area is 134 Å². The molecule has 1 unspecified atom stereocenters. The average molecular weight is 313 g/mol. The number of likely N-dealkylation sites (tertiary alicyclic amines) is 1. The summed E-state index contributed by atoms with van der Waals surface area (Å²) in [6.07, 6.45) is 3.97. The first-order valence-corrected chi connectivity index (χ1v) is 7.71. The summed E-state index contributed by atoms with van der Waals surface area (Å²) in [5.74, 6) is -0.381. The molecule has 0 saturated carbocycles. The van der Waals surface area contributed by atoms with Crippen molar-refractivity contribution in [2.24, 2.45) is 0 Å². The van der Waals surface area contributed by atoms with Crippen LogP contribution in [-0.4, -0.2) is 51.3 Å². The fraction of sp³-hybridized carbons (Fsp3) is 0.375. The normalized spacial score (nSPS) is 17.8. The van der Waals surface area contributed by atoms with E-state index in [1.165, 1.54) is 11.0 Å². The number of rotatable bonds is 3. The quantitative estimate of drug-likeness (QED) is 0.917. The number of hydrogen-bond donors (Lipinski definition) is 1. The van der Waals surface area contributed by atoms with E-state index in [2.05, 4.69) is 15.5 Å². The monoisotopic (exact) mass is 313 g/mol. The van der Waals surface area contributed by atoms with Crippen molar-refractivity contribution in [2.45, 2.75) is 25.3 Å². The molecule has 1 aliphatic rings. The highest BCUT2D eigenvalue weighted by atomic mass is 16.2. The third kappa shape index (κ3) is 3.08. The highest BCUT2D eigenvalue weighted by Gasteiger charge is 2.33. The molecule has 1 fully saturated rings. The number of nitrogens with one attached hydrogen (secondary N) is 1. The molecule has 1 atom stereocenters. The summed E-state index contributed by atoms with van der Waals surface area (Å²) in [5.41, 5.74) is 1.04. The Bertz CT molecular complexity index is 698. The van der Waals surface area contributed by atoms with Gasteiger partial charge < -0.3 is 10.2 Å². The van der Waals surface area contributed by atoms with E-state index >= 15 is 0 Å². The number of carbonyl (C=O) groups excluding carboxylic acids is 2. The van der Waals surface area contributed by atoms with Crippen LogP contribution in [0.5, 0.6) is 0 Å². The van der Waals surface area contributed by atoms with Crippen LogP contribution in [-0.2, 0) is 4.79 Å². The van der Waals surface area contributed by atoms with Gasteiger partial charge in [-0.3, -0.25) is 9.59 Å². The van der Waals surface area contributed by atoms with Gasteiger partial charge >= 0.3 is 0 Å². The first-order valence-electron chi connectivity index (χ1n) is 7.71. The Hall–Kier alpha value is -2.70. The molecule has 23 heavy (non-hydrogen) atoms. The van der Waals surface area contributed by atoms with Gasteiger partial charge in [0.15, 0.2) is 5.69 Å². The lowest BCUT2D eigenvalue weighted by atomic mass is 10.0. The van der Waals surface area contributed by atoms with Gasteiger partial charge in [-0.1, -0.05) is 18.2 Å². The van der Waals surface area contributed by atoms with E-state index < -0.39 is 6.04 Å². The van der Waals surface area contributed by atoms with Crippen molar-refractivity contribution in [2.75, 3.05) is 13.6 Å². The maximum absolute atomic E-state index is 12.7. The van der Waals surface area contributed by atoms with Crippen LogP contribution >= 0.6 is 0 Å². The standard InChI is InChI=1S/C16H19N5O2/c1-17-15(22)14-9-5-6-10-20(14)16(23)13-11-18-21(19-13)12-7-3-2-4-8-12/h2-4,7-8,11,14H,5-6,9-10H2,1H3,(H,17,22). The van der Waals surface area contributed by atoms with Crippen LogP contribution in [0.4, 0.5) is 0 Å². The van der Waals surface area contributed by atoms with Gasteiger partial charge in [0.05, 0.1) is 11.9 Å². The Morgan fingerprint density at radius 3 is 2.74 bits per heavy atom. The Morgan fingerprint density at radius 2 is 2.00 bits per heavy atom. The molecule has 2 amide bonds. The number of hydrogen-bond acceptors (Lipinski definition) is 4. The minimum atomic E-state index is -0.428. The van der Waals surface area contributed by atoms with Crippen LogP contribution < -0.4 is 5.32 Å². The summed E-state index contributed by atoms with van der Waals surface area (Å²) in [7, 11) is 1.59. The van der Waals surface area contributed by atoms with Crippen molar-refractivity contribution in [3.63, 3.8) is 0 Å². The van der Waals surface area contributed by atoms with E-state index in [0.29, 0.717) is 13.0 Å². The fourth-order valence-electron chi connectivity index (χ4n) is 2.81. The second-order valence-electron chi connectivity index (χ2n) is 5.48. The largest absolute Gasteiger partial charge is 0.357 e. The van der Waals surface area contributed by atoms with Crippen molar-refractivity contribution in [3.8, 4) is 5.69 Å². The van der Waals surface area contributed by atoms with Crippen molar-refractivity contribution in [1.29, 1.82) is 0 Å². The Balaban J connectivity index is 1.82. The summed E-state index contributed by atoms with van der Waals surface area (Å²) in [4.78, 5) is 27.7. The summed E-state index contributed by atoms with van der Waals surface area (Å²) < 4.78 is 0.